The van der Waals surface area contributed by atoms with Gasteiger partial charge in [0.25, 0.3) is 0 Å². The number of hydrogen-bond donors (Lipinski definition) is 2. The molecule has 0 saturated heterocycles. The summed E-state index contributed by atoms with van der Waals surface area (Å²) in [5.74, 6) is -0.537. The summed E-state index contributed by atoms with van der Waals surface area (Å²) in [6, 6.07) is 5.53. The van der Waals surface area contributed by atoms with E-state index in [2.05, 4.69) is 10.6 Å². The molecule has 0 heterocycles. The summed E-state index contributed by atoms with van der Waals surface area (Å²) in [6.45, 7) is 5.17. The van der Waals surface area contributed by atoms with Gasteiger partial charge in [0.2, 0.25) is 11.8 Å². The molecule has 0 aromatic heterocycles. The van der Waals surface area contributed by atoms with E-state index < -0.39 is 5.41 Å². The van der Waals surface area contributed by atoms with Crippen LogP contribution in [0.15, 0.2) is 18.2 Å². The molecular formula is C19H27ClN2O2. The molecule has 1 saturated carbocycles. The molecule has 2 amide bonds. The van der Waals surface area contributed by atoms with E-state index in [0.29, 0.717) is 10.7 Å². The van der Waals surface area contributed by atoms with Crippen molar-refractivity contribution in [1.29, 1.82) is 0 Å². The highest BCUT2D eigenvalue weighted by Gasteiger charge is 2.37. The van der Waals surface area contributed by atoms with Crippen LogP contribution >= 0.6 is 11.6 Å². The van der Waals surface area contributed by atoms with Crippen LogP contribution in [0.4, 0.5) is 5.69 Å². The summed E-state index contributed by atoms with van der Waals surface area (Å²) in [7, 11) is 0. The monoisotopic (exact) mass is 350 g/mol. The van der Waals surface area contributed by atoms with Gasteiger partial charge >= 0.3 is 0 Å². The maximum absolute atomic E-state index is 12.6. The zero-order chi connectivity index (χ0) is 17.7. The van der Waals surface area contributed by atoms with Crippen molar-refractivity contribution in [1.82, 2.24) is 5.32 Å². The number of rotatable bonds is 4. The van der Waals surface area contributed by atoms with Gasteiger partial charge < -0.3 is 10.6 Å². The van der Waals surface area contributed by atoms with E-state index in [1.807, 2.05) is 6.92 Å². The summed E-state index contributed by atoms with van der Waals surface area (Å²) in [5.41, 5.74) is 0.302. The minimum absolute atomic E-state index is 0.181. The standard InChI is InChI=1S/C19H27ClN2O2/c1-13-15(20)11-8-12-16(13)22-18(24)19(2,3)17(23)21-14-9-6-4-5-7-10-14/h8,11-12,14H,4-7,9-10H2,1-3H3,(H,21,23)(H,22,24). The number of nitrogens with one attached hydrogen (secondary N) is 2. The zero-order valence-electron chi connectivity index (χ0n) is 14.7. The van der Waals surface area contributed by atoms with Gasteiger partial charge in [-0.25, -0.2) is 0 Å². The maximum Gasteiger partial charge on any atom is 0.239 e. The number of carbonyl (C=O) groups excluding carboxylic acids is 2. The van der Waals surface area contributed by atoms with Gasteiger partial charge in [0.05, 0.1) is 0 Å². The number of amides is 2. The zero-order valence-corrected chi connectivity index (χ0v) is 15.5. The van der Waals surface area contributed by atoms with Crippen molar-refractivity contribution in [2.24, 2.45) is 5.41 Å². The lowest BCUT2D eigenvalue weighted by Gasteiger charge is -2.26. The number of halogens is 1. The van der Waals surface area contributed by atoms with E-state index in [4.69, 9.17) is 11.6 Å². The Bertz CT molecular complexity index is 605. The van der Waals surface area contributed by atoms with E-state index in [1.165, 1.54) is 12.8 Å². The average molecular weight is 351 g/mol. The molecule has 132 valence electrons. The molecule has 24 heavy (non-hydrogen) atoms. The van der Waals surface area contributed by atoms with Crippen LogP contribution in [0.3, 0.4) is 0 Å². The van der Waals surface area contributed by atoms with E-state index in [-0.39, 0.29) is 17.9 Å². The van der Waals surface area contributed by atoms with E-state index in [1.54, 1.807) is 32.0 Å². The Balaban J connectivity index is 2.03. The quantitative estimate of drug-likeness (QED) is 0.622. The van der Waals surface area contributed by atoms with Crippen LogP contribution in [0.2, 0.25) is 5.02 Å². The molecule has 0 radical (unpaired) electrons. The van der Waals surface area contributed by atoms with Crippen molar-refractivity contribution in [2.75, 3.05) is 5.32 Å². The van der Waals surface area contributed by atoms with Crippen LogP contribution in [0.5, 0.6) is 0 Å². The van der Waals surface area contributed by atoms with Crippen molar-refractivity contribution in [3.05, 3.63) is 28.8 Å². The minimum Gasteiger partial charge on any atom is -0.352 e. The van der Waals surface area contributed by atoms with Crippen LogP contribution in [0.25, 0.3) is 0 Å². The molecule has 0 unspecified atom stereocenters. The summed E-state index contributed by atoms with van der Waals surface area (Å²) in [5, 5.41) is 6.49. The highest BCUT2D eigenvalue weighted by atomic mass is 35.5. The van der Waals surface area contributed by atoms with Gasteiger partial charge in [0.15, 0.2) is 0 Å². The Morgan fingerprint density at radius 2 is 1.71 bits per heavy atom. The third-order valence-electron chi connectivity index (χ3n) is 4.84. The summed E-state index contributed by atoms with van der Waals surface area (Å²) < 4.78 is 0. The third kappa shape index (κ3) is 4.50. The first kappa shape index (κ1) is 18.8. The van der Waals surface area contributed by atoms with Crippen LogP contribution in [0.1, 0.15) is 57.9 Å². The Hall–Kier alpha value is -1.55. The second-order valence-corrected chi connectivity index (χ2v) is 7.56. The van der Waals surface area contributed by atoms with Crippen molar-refractivity contribution < 1.29 is 9.59 Å². The first-order chi connectivity index (χ1) is 11.3. The molecule has 4 nitrogen and oxygen atoms in total. The molecule has 1 aliphatic carbocycles. The summed E-state index contributed by atoms with van der Waals surface area (Å²) in [6.07, 6.45) is 6.72. The predicted octanol–water partition coefficient (Wildman–Crippen LogP) is 4.45. The fourth-order valence-electron chi connectivity index (χ4n) is 2.91. The number of hydrogen-bond acceptors (Lipinski definition) is 2. The Labute approximate surface area is 149 Å². The predicted molar refractivity (Wildman–Crippen MR) is 98.2 cm³/mol. The lowest BCUT2D eigenvalue weighted by Crippen LogP contribution is -2.48. The highest BCUT2D eigenvalue weighted by molar-refractivity contribution is 6.31. The van der Waals surface area contributed by atoms with E-state index >= 15 is 0 Å². The largest absolute Gasteiger partial charge is 0.352 e. The second-order valence-electron chi connectivity index (χ2n) is 7.15. The van der Waals surface area contributed by atoms with Gasteiger partial charge in [0, 0.05) is 16.8 Å². The topological polar surface area (TPSA) is 58.2 Å². The van der Waals surface area contributed by atoms with E-state index in [0.717, 1.165) is 31.2 Å². The third-order valence-corrected chi connectivity index (χ3v) is 5.25. The smallest absolute Gasteiger partial charge is 0.239 e. The van der Waals surface area contributed by atoms with Crippen LogP contribution in [-0.4, -0.2) is 17.9 Å². The molecule has 0 spiro atoms. The fraction of sp³-hybridized carbons (Fsp3) is 0.579. The minimum atomic E-state index is -1.14. The number of carbonyl (C=O) groups is 2. The summed E-state index contributed by atoms with van der Waals surface area (Å²) in [4.78, 5) is 25.3. The first-order valence-corrected chi connectivity index (χ1v) is 9.07. The SMILES string of the molecule is Cc1c(Cl)cccc1NC(=O)C(C)(C)C(=O)NC1CCCCCC1. The number of anilines is 1. The van der Waals surface area contributed by atoms with Gasteiger partial charge in [-0.3, -0.25) is 9.59 Å². The molecule has 1 aliphatic rings. The van der Waals surface area contributed by atoms with Gasteiger partial charge in [-0.15, -0.1) is 0 Å². The van der Waals surface area contributed by atoms with Gasteiger partial charge in [-0.05, 0) is 51.3 Å². The van der Waals surface area contributed by atoms with Gasteiger partial charge in [-0.2, -0.15) is 0 Å². The van der Waals surface area contributed by atoms with E-state index in [9.17, 15) is 9.59 Å². The van der Waals surface area contributed by atoms with Crippen LogP contribution in [-0.2, 0) is 9.59 Å². The Kier molecular flexibility index (Phi) is 6.27. The van der Waals surface area contributed by atoms with Crippen molar-refractivity contribution >= 4 is 29.1 Å². The molecule has 2 N–H and O–H groups in total. The van der Waals surface area contributed by atoms with Crippen molar-refractivity contribution in [3.63, 3.8) is 0 Å². The maximum atomic E-state index is 12.6. The highest BCUT2D eigenvalue weighted by Crippen LogP contribution is 2.26. The molecule has 0 atom stereocenters. The van der Waals surface area contributed by atoms with Crippen LogP contribution in [0, 0.1) is 12.3 Å². The van der Waals surface area contributed by atoms with Gasteiger partial charge in [0.1, 0.15) is 5.41 Å². The average Bonchev–Trinajstić information content (AvgIpc) is 2.80. The molecule has 1 aromatic rings. The Morgan fingerprint density at radius 3 is 2.33 bits per heavy atom. The fourth-order valence-corrected chi connectivity index (χ4v) is 3.09. The molecule has 5 heteroatoms. The molecule has 0 bridgehead atoms. The Morgan fingerprint density at radius 1 is 1.08 bits per heavy atom. The van der Waals surface area contributed by atoms with Crippen LogP contribution < -0.4 is 10.6 Å². The van der Waals surface area contributed by atoms with Crippen molar-refractivity contribution in [3.8, 4) is 0 Å². The van der Waals surface area contributed by atoms with Crippen molar-refractivity contribution in [2.45, 2.75) is 65.3 Å². The second kappa shape index (κ2) is 8.02. The normalized spacial score (nSPS) is 16.3. The molecular weight excluding hydrogens is 324 g/mol. The lowest BCUT2D eigenvalue weighted by molar-refractivity contribution is -0.138. The van der Waals surface area contributed by atoms with Gasteiger partial charge in [-0.1, -0.05) is 43.4 Å². The molecule has 2 rings (SSSR count). The first-order valence-electron chi connectivity index (χ1n) is 8.70. The molecule has 1 aromatic carbocycles. The lowest BCUT2D eigenvalue weighted by atomic mass is 9.90. The molecule has 0 aliphatic heterocycles. The molecule has 1 fully saturated rings. The summed E-state index contributed by atoms with van der Waals surface area (Å²) >= 11 is 6.09. The number of benzene rings is 1.